The SMILES string of the molecule is CC1CC1c1ccc(CN(C)C(=O)c2ccc(-c3ccc(F)cc3)o2)o1. The predicted octanol–water partition coefficient (Wildman–Crippen LogP) is 5.07. The van der Waals surface area contributed by atoms with Gasteiger partial charge in [0, 0.05) is 18.5 Å². The lowest BCUT2D eigenvalue weighted by molar-refractivity contribution is 0.0744. The number of amides is 1. The standard InChI is InChI=1S/C21H20FNO3/c1-13-11-17(13)19-8-7-16(25-19)12-23(2)21(24)20-10-9-18(26-20)14-3-5-15(22)6-4-14/h3-10,13,17H,11-12H2,1-2H3. The first kappa shape index (κ1) is 16.6. The molecule has 0 N–H and O–H groups in total. The molecule has 1 fully saturated rings. The zero-order valence-electron chi connectivity index (χ0n) is 14.7. The minimum Gasteiger partial charge on any atom is -0.464 e. The van der Waals surface area contributed by atoms with Crippen LogP contribution in [0.2, 0.25) is 0 Å². The molecule has 1 aliphatic carbocycles. The summed E-state index contributed by atoms with van der Waals surface area (Å²) in [6, 6.07) is 13.2. The lowest BCUT2D eigenvalue weighted by Crippen LogP contribution is -2.25. The number of nitrogens with zero attached hydrogens (tertiary/aromatic N) is 1. The second-order valence-corrected chi connectivity index (χ2v) is 6.96. The maximum Gasteiger partial charge on any atom is 0.289 e. The Morgan fingerprint density at radius 2 is 1.85 bits per heavy atom. The molecule has 1 aliphatic rings. The van der Waals surface area contributed by atoms with Crippen LogP contribution >= 0.6 is 0 Å². The fourth-order valence-corrected chi connectivity index (χ4v) is 3.11. The molecule has 2 unspecified atom stereocenters. The van der Waals surface area contributed by atoms with Crippen molar-refractivity contribution < 1.29 is 18.0 Å². The average Bonchev–Trinajstić information content (AvgIpc) is 3.05. The van der Waals surface area contributed by atoms with Crippen molar-refractivity contribution in [2.75, 3.05) is 7.05 Å². The van der Waals surface area contributed by atoms with Crippen LogP contribution in [0.3, 0.4) is 0 Å². The second-order valence-electron chi connectivity index (χ2n) is 6.96. The summed E-state index contributed by atoms with van der Waals surface area (Å²) in [7, 11) is 1.71. The number of hydrogen-bond donors (Lipinski definition) is 0. The van der Waals surface area contributed by atoms with Gasteiger partial charge in [0.2, 0.25) is 0 Å². The molecule has 0 bridgehead atoms. The van der Waals surface area contributed by atoms with Crippen LogP contribution in [0.1, 0.15) is 41.3 Å². The van der Waals surface area contributed by atoms with Crippen molar-refractivity contribution in [3.63, 3.8) is 0 Å². The van der Waals surface area contributed by atoms with E-state index in [4.69, 9.17) is 8.83 Å². The largest absolute Gasteiger partial charge is 0.464 e. The van der Waals surface area contributed by atoms with E-state index in [-0.39, 0.29) is 17.5 Å². The number of halogens is 1. The number of furan rings is 2. The molecule has 1 aromatic carbocycles. The minimum absolute atomic E-state index is 0.226. The van der Waals surface area contributed by atoms with Crippen molar-refractivity contribution in [2.24, 2.45) is 5.92 Å². The van der Waals surface area contributed by atoms with E-state index in [0.29, 0.717) is 24.1 Å². The zero-order valence-corrected chi connectivity index (χ0v) is 14.7. The van der Waals surface area contributed by atoms with Crippen LogP contribution in [0.4, 0.5) is 4.39 Å². The van der Waals surface area contributed by atoms with Crippen LogP contribution < -0.4 is 0 Å². The van der Waals surface area contributed by atoms with Crippen molar-refractivity contribution in [1.29, 1.82) is 0 Å². The maximum atomic E-state index is 13.0. The molecule has 2 heterocycles. The number of hydrogen-bond acceptors (Lipinski definition) is 3. The molecule has 2 aromatic heterocycles. The van der Waals surface area contributed by atoms with E-state index in [1.54, 1.807) is 36.2 Å². The highest BCUT2D eigenvalue weighted by molar-refractivity contribution is 5.91. The first-order valence-corrected chi connectivity index (χ1v) is 8.71. The molecule has 4 rings (SSSR count). The van der Waals surface area contributed by atoms with E-state index >= 15 is 0 Å². The monoisotopic (exact) mass is 353 g/mol. The first-order valence-electron chi connectivity index (χ1n) is 8.71. The summed E-state index contributed by atoms with van der Waals surface area (Å²) >= 11 is 0. The van der Waals surface area contributed by atoms with Gasteiger partial charge in [-0.1, -0.05) is 6.92 Å². The molecular formula is C21H20FNO3. The van der Waals surface area contributed by atoms with Gasteiger partial charge in [0.05, 0.1) is 6.54 Å². The Bertz CT molecular complexity index is 925. The van der Waals surface area contributed by atoms with Gasteiger partial charge < -0.3 is 13.7 Å². The Morgan fingerprint density at radius 3 is 2.54 bits per heavy atom. The van der Waals surface area contributed by atoms with Crippen molar-refractivity contribution >= 4 is 5.91 Å². The third-order valence-electron chi connectivity index (χ3n) is 4.84. The van der Waals surface area contributed by atoms with Gasteiger partial charge in [0.25, 0.3) is 5.91 Å². The summed E-state index contributed by atoms with van der Waals surface area (Å²) in [5, 5.41) is 0. The average molecular weight is 353 g/mol. The molecule has 1 saturated carbocycles. The van der Waals surface area contributed by atoms with E-state index in [1.807, 2.05) is 12.1 Å². The van der Waals surface area contributed by atoms with Crippen LogP contribution in [0, 0.1) is 11.7 Å². The van der Waals surface area contributed by atoms with Gasteiger partial charge in [0.1, 0.15) is 23.1 Å². The third-order valence-corrected chi connectivity index (χ3v) is 4.84. The van der Waals surface area contributed by atoms with E-state index < -0.39 is 0 Å². The number of carbonyl (C=O) groups is 1. The molecule has 0 radical (unpaired) electrons. The van der Waals surface area contributed by atoms with Crippen molar-refractivity contribution in [1.82, 2.24) is 4.90 Å². The van der Waals surface area contributed by atoms with Crippen LogP contribution in [0.25, 0.3) is 11.3 Å². The van der Waals surface area contributed by atoms with Gasteiger partial charge in [-0.05, 0) is 60.9 Å². The Balaban J connectivity index is 1.43. The van der Waals surface area contributed by atoms with Gasteiger partial charge >= 0.3 is 0 Å². The molecule has 134 valence electrons. The van der Waals surface area contributed by atoms with Crippen molar-refractivity contribution in [3.8, 4) is 11.3 Å². The summed E-state index contributed by atoms with van der Waals surface area (Å²) in [5.41, 5.74) is 0.724. The van der Waals surface area contributed by atoms with Gasteiger partial charge in [-0.25, -0.2) is 4.39 Å². The minimum atomic E-state index is -0.310. The Morgan fingerprint density at radius 1 is 1.12 bits per heavy atom. The molecule has 0 spiro atoms. The molecule has 0 saturated heterocycles. The van der Waals surface area contributed by atoms with Gasteiger partial charge in [-0.2, -0.15) is 0 Å². The Hall–Kier alpha value is -2.82. The molecular weight excluding hydrogens is 333 g/mol. The molecule has 1 amide bonds. The van der Waals surface area contributed by atoms with Crippen molar-refractivity contribution in [2.45, 2.75) is 25.8 Å². The molecule has 2 atom stereocenters. The molecule has 5 heteroatoms. The molecule has 3 aromatic rings. The molecule has 4 nitrogen and oxygen atoms in total. The highest BCUT2D eigenvalue weighted by atomic mass is 19.1. The number of carbonyl (C=O) groups excluding carboxylic acids is 1. The summed E-state index contributed by atoms with van der Waals surface area (Å²) in [5.74, 6) is 3.21. The van der Waals surface area contributed by atoms with E-state index in [9.17, 15) is 9.18 Å². The van der Waals surface area contributed by atoms with E-state index in [0.717, 1.165) is 17.1 Å². The van der Waals surface area contributed by atoms with Gasteiger partial charge in [-0.15, -0.1) is 0 Å². The summed E-state index contributed by atoms with van der Waals surface area (Å²) in [4.78, 5) is 14.1. The first-order chi connectivity index (χ1) is 12.5. The van der Waals surface area contributed by atoms with Crippen LogP contribution in [0.5, 0.6) is 0 Å². The van der Waals surface area contributed by atoms with Gasteiger partial charge in [-0.3, -0.25) is 4.79 Å². The van der Waals surface area contributed by atoms with E-state index in [1.165, 1.54) is 18.6 Å². The molecule has 26 heavy (non-hydrogen) atoms. The topological polar surface area (TPSA) is 46.6 Å². The highest BCUT2D eigenvalue weighted by Crippen LogP contribution is 2.47. The van der Waals surface area contributed by atoms with E-state index in [2.05, 4.69) is 6.92 Å². The summed E-state index contributed by atoms with van der Waals surface area (Å²) < 4.78 is 24.5. The van der Waals surface area contributed by atoms with Crippen LogP contribution in [-0.2, 0) is 6.54 Å². The smallest absolute Gasteiger partial charge is 0.289 e. The second kappa shape index (κ2) is 6.48. The zero-order chi connectivity index (χ0) is 18.3. The van der Waals surface area contributed by atoms with Crippen molar-refractivity contribution in [3.05, 3.63) is 71.6 Å². The summed E-state index contributed by atoms with van der Waals surface area (Å²) in [6.45, 7) is 2.59. The van der Waals surface area contributed by atoms with Gasteiger partial charge in [0.15, 0.2) is 5.76 Å². The quantitative estimate of drug-likeness (QED) is 0.643. The highest BCUT2D eigenvalue weighted by Gasteiger charge is 2.36. The lowest BCUT2D eigenvalue weighted by atomic mass is 10.2. The Labute approximate surface area is 151 Å². The number of rotatable bonds is 5. The Kier molecular flexibility index (Phi) is 4.15. The third kappa shape index (κ3) is 3.29. The fourth-order valence-electron chi connectivity index (χ4n) is 3.11. The predicted molar refractivity (Wildman–Crippen MR) is 95.1 cm³/mol. The maximum absolute atomic E-state index is 13.0. The normalized spacial score (nSPS) is 18.7. The van der Waals surface area contributed by atoms with Crippen LogP contribution in [-0.4, -0.2) is 17.9 Å². The summed E-state index contributed by atoms with van der Waals surface area (Å²) in [6.07, 6.45) is 1.17. The van der Waals surface area contributed by atoms with Crippen LogP contribution in [0.15, 0.2) is 57.4 Å². The molecule has 0 aliphatic heterocycles. The number of benzene rings is 1. The fraction of sp³-hybridized carbons (Fsp3) is 0.286. The lowest BCUT2D eigenvalue weighted by Gasteiger charge is -2.14.